The van der Waals surface area contributed by atoms with E-state index in [4.69, 9.17) is 5.11 Å². The Morgan fingerprint density at radius 1 is 1.24 bits per heavy atom. The Bertz CT molecular complexity index is 400. The first-order valence-electron chi connectivity index (χ1n) is 7.25. The van der Waals surface area contributed by atoms with Gasteiger partial charge in [-0.2, -0.15) is 0 Å². The first kappa shape index (κ1) is 17.4. The smallest absolute Gasteiger partial charge is 0.335 e. The van der Waals surface area contributed by atoms with E-state index in [1.54, 1.807) is 0 Å². The molecular formula is C14H24N2O5. The Morgan fingerprint density at radius 3 is 2.29 bits per heavy atom. The summed E-state index contributed by atoms with van der Waals surface area (Å²) in [7, 11) is 0. The van der Waals surface area contributed by atoms with Crippen LogP contribution in [-0.2, 0) is 14.4 Å². The summed E-state index contributed by atoms with van der Waals surface area (Å²) in [5.74, 6) is -1.23. The second kappa shape index (κ2) is 7.40. The van der Waals surface area contributed by atoms with E-state index >= 15 is 0 Å². The molecule has 7 nitrogen and oxygen atoms in total. The van der Waals surface area contributed by atoms with Crippen molar-refractivity contribution >= 4 is 17.8 Å². The number of carboxylic acid groups (broad SMARTS) is 1. The highest BCUT2D eigenvalue weighted by Gasteiger charge is 2.40. The minimum absolute atomic E-state index is 0.00929. The zero-order valence-electron chi connectivity index (χ0n) is 12.6. The van der Waals surface area contributed by atoms with Gasteiger partial charge in [-0.25, -0.2) is 4.79 Å². The summed E-state index contributed by atoms with van der Waals surface area (Å²) in [4.78, 5) is 35.8. The monoisotopic (exact) mass is 300 g/mol. The number of carbonyl (C=O) groups is 3. The molecule has 7 heteroatoms. The summed E-state index contributed by atoms with van der Waals surface area (Å²) in [6, 6.07) is 0. The zero-order valence-corrected chi connectivity index (χ0v) is 12.6. The van der Waals surface area contributed by atoms with Crippen molar-refractivity contribution in [3.05, 3.63) is 0 Å². The van der Waals surface area contributed by atoms with Gasteiger partial charge in [0.05, 0.1) is 6.54 Å². The number of hydrogen-bond donors (Lipinski definition) is 3. The maximum atomic E-state index is 11.9. The van der Waals surface area contributed by atoms with Crippen LogP contribution in [0, 0.1) is 5.92 Å². The standard InChI is InChI=1S/C14H24N2O5/c1-10(2)3-4-11(17)15-9-12(18)16-7-5-14(21,6-8-16)13(19)20/h10,21H,3-9H2,1-2H3,(H,15,17)(H,19,20). The molecule has 0 spiro atoms. The lowest BCUT2D eigenvalue weighted by molar-refractivity contribution is -0.165. The van der Waals surface area contributed by atoms with Crippen molar-refractivity contribution in [1.29, 1.82) is 0 Å². The molecule has 0 aromatic heterocycles. The van der Waals surface area contributed by atoms with Gasteiger partial charge in [0, 0.05) is 32.4 Å². The van der Waals surface area contributed by atoms with Crippen molar-refractivity contribution in [2.75, 3.05) is 19.6 Å². The number of aliphatic carboxylic acids is 1. The van der Waals surface area contributed by atoms with Crippen LogP contribution in [0.25, 0.3) is 0 Å². The van der Waals surface area contributed by atoms with E-state index in [0.717, 1.165) is 6.42 Å². The first-order valence-corrected chi connectivity index (χ1v) is 7.25. The number of carboxylic acids is 1. The number of rotatable bonds is 6. The number of nitrogens with zero attached hydrogens (tertiary/aromatic N) is 1. The van der Waals surface area contributed by atoms with Crippen LogP contribution in [0.4, 0.5) is 0 Å². The molecule has 0 aromatic rings. The third-order valence-corrected chi connectivity index (χ3v) is 3.73. The van der Waals surface area contributed by atoms with Gasteiger partial charge in [-0.15, -0.1) is 0 Å². The highest BCUT2D eigenvalue weighted by molar-refractivity contribution is 5.85. The second-order valence-electron chi connectivity index (χ2n) is 5.93. The Kier molecular flexibility index (Phi) is 6.14. The lowest BCUT2D eigenvalue weighted by atomic mass is 9.91. The third kappa shape index (κ3) is 5.34. The fraction of sp³-hybridized carbons (Fsp3) is 0.786. The summed E-state index contributed by atoms with van der Waals surface area (Å²) in [5, 5.41) is 21.2. The van der Waals surface area contributed by atoms with Crippen LogP contribution in [0.1, 0.15) is 39.5 Å². The van der Waals surface area contributed by atoms with Crippen molar-refractivity contribution < 1.29 is 24.6 Å². The molecule has 2 amide bonds. The van der Waals surface area contributed by atoms with E-state index in [0.29, 0.717) is 12.3 Å². The SMILES string of the molecule is CC(C)CCC(=O)NCC(=O)N1CCC(O)(C(=O)O)CC1. The molecule has 0 unspecified atom stereocenters. The molecule has 1 saturated heterocycles. The zero-order chi connectivity index (χ0) is 16.0. The van der Waals surface area contributed by atoms with Crippen LogP contribution in [0.5, 0.6) is 0 Å². The Balaban J connectivity index is 2.31. The maximum Gasteiger partial charge on any atom is 0.335 e. The molecule has 0 atom stereocenters. The molecule has 0 bridgehead atoms. The van der Waals surface area contributed by atoms with Gasteiger partial charge >= 0.3 is 5.97 Å². The van der Waals surface area contributed by atoms with E-state index in [1.165, 1.54) is 4.90 Å². The van der Waals surface area contributed by atoms with E-state index in [-0.39, 0.29) is 44.3 Å². The quantitative estimate of drug-likeness (QED) is 0.639. The largest absolute Gasteiger partial charge is 0.479 e. The highest BCUT2D eigenvalue weighted by atomic mass is 16.4. The van der Waals surface area contributed by atoms with Crippen LogP contribution in [-0.4, -0.2) is 58.1 Å². The average molecular weight is 300 g/mol. The van der Waals surface area contributed by atoms with Crippen molar-refractivity contribution in [1.82, 2.24) is 10.2 Å². The first-order chi connectivity index (χ1) is 9.74. The summed E-state index contributed by atoms with van der Waals surface area (Å²) in [5.41, 5.74) is -1.74. The number of carbonyl (C=O) groups excluding carboxylic acids is 2. The van der Waals surface area contributed by atoms with Gasteiger partial charge in [-0.1, -0.05) is 13.8 Å². The number of piperidine rings is 1. The van der Waals surface area contributed by atoms with E-state index in [9.17, 15) is 19.5 Å². The molecular weight excluding hydrogens is 276 g/mol. The normalized spacial score (nSPS) is 17.6. The van der Waals surface area contributed by atoms with Gasteiger partial charge in [0.1, 0.15) is 0 Å². The summed E-state index contributed by atoms with van der Waals surface area (Å²) >= 11 is 0. The number of hydrogen-bond acceptors (Lipinski definition) is 4. The van der Waals surface area contributed by atoms with Gasteiger partial charge in [0.2, 0.25) is 11.8 Å². The number of nitrogens with one attached hydrogen (secondary N) is 1. The fourth-order valence-corrected chi connectivity index (χ4v) is 2.13. The molecule has 0 aromatic carbocycles. The van der Waals surface area contributed by atoms with E-state index < -0.39 is 11.6 Å². The molecule has 1 aliphatic rings. The second-order valence-corrected chi connectivity index (χ2v) is 5.93. The summed E-state index contributed by atoms with van der Waals surface area (Å²) in [6.45, 7) is 4.33. The van der Waals surface area contributed by atoms with Crippen LogP contribution in [0.3, 0.4) is 0 Å². The molecule has 21 heavy (non-hydrogen) atoms. The predicted octanol–water partition coefficient (Wildman–Crippen LogP) is -0.0231. The van der Waals surface area contributed by atoms with Gasteiger partial charge in [-0.3, -0.25) is 9.59 Å². The topological polar surface area (TPSA) is 107 Å². The van der Waals surface area contributed by atoms with Crippen LogP contribution >= 0.6 is 0 Å². The predicted molar refractivity (Wildman–Crippen MR) is 75.5 cm³/mol. The molecule has 1 rings (SSSR count). The van der Waals surface area contributed by atoms with Gasteiger partial charge in [0.25, 0.3) is 0 Å². The van der Waals surface area contributed by atoms with Gasteiger partial charge < -0.3 is 20.4 Å². The summed E-state index contributed by atoms with van der Waals surface area (Å²) in [6.07, 6.45) is 1.18. The molecule has 1 aliphatic heterocycles. The molecule has 0 radical (unpaired) electrons. The van der Waals surface area contributed by atoms with Gasteiger partial charge in [0.15, 0.2) is 5.60 Å². The summed E-state index contributed by atoms with van der Waals surface area (Å²) < 4.78 is 0. The molecule has 120 valence electrons. The van der Waals surface area contributed by atoms with Crippen molar-refractivity contribution in [2.45, 2.75) is 45.1 Å². The van der Waals surface area contributed by atoms with Crippen molar-refractivity contribution in [3.63, 3.8) is 0 Å². The molecule has 0 saturated carbocycles. The lowest BCUT2D eigenvalue weighted by Gasteiger charge is -2.35. The van der Waals surface area contributed by atoms with Crippen molar-refractivity contribution in [2.24, 2.45) is 5.92 Å². The van der Waals surface area contributed by atoms with E-state index in [1.807, 2.05) is 13.8 Å². The van der Waals surface area contributed by atoms with Crippen LogP contribution in [0.15, 0.2) is 0 Å². The Labute approximate surface area is 124 Å². The van der Waals surface area contributed by atoms with Crippen LogP contribution < -0.4 is 5.32 Å². The van der Waals surface area contributed by atoms with Gasteiger partial charge in [-0.05, 0) is 12.3 Å². The minimum Gasteiger partial charge on any atom is -0.479 e. The van der Waals surface area contributed by atoms with Crippen molar-refractivity contribution in [3.8, 4) is 0 Å². The number of aliphatic hydroxyl groups is 1. The molecule has 3 N–H and O–H groups in total. The number of amides is 2. The van der Waals surface area contributed by atoms with E-state index in [2.05, 4.69) is 5.32 Å². The molecule has 1 heterocycles. The molecule has 1 fully saturated rings. The highest BCUT2D eigenvalue weighted by Crippen LogP contribution is 2.22. The minimum atomic E-state index is -1.74. The van der Waals surface area contributed by atoms with Crippen LogP contribution in [0.2, 0.25) is 0 Å². The maximum absolute atomic E-state index is 11.9. The third-order valence-electron chi connectivity index (χ3n) is 3.73. The Morgan fingerprint density at radius 2 is 1.81 bits per heavy atom. The number of likely N-dealkylation sites (tertiary alicyclic amines) is 1. The Hall–Kier alpha value is -1.63. The average Bonchev–Trinajstić information content (AvgIpc) is 2.43. The molecule has 0 aliphatic carbocycles. The lowest BCUT2D eigenvalue weighted by Crippen LogP contribution is -2.52. The fourth-order valence-electron chi connectivity index (χ4n) is 2.13.